The summed E-state index contributed by atoms with van der Waals surface area (Å²) in [7, 11) is -14.9. The Labute approximate surface area is 842 Å². The van der Waals surface area contributed by atoms with Crippen LogP contribution in [0.15, 0.2) is 91.0 Å². The lowest BCUT2D eigenvalue weighted by Crippen LogP contribution is -2.45. The van der Waals surface area contributed by atoms with E-state index in [1.807, 2.05) is 18.2 Å². The van der Waals surface area contributed by atoms with Gasteiger partial charge in [-0.2, -0.15) is 13.2 Å². The van der Waals surface area contributed by atoms with Gasteiger partial charge in [0.05, 0.1) is 108 Å². The first kappa shape index (κ1) is 118. The summed E-state index contributed by atoms with van der Waals surface area (Å²) in [6.07, 6.45) is 23.6. The minimum atomic E-state index is -4.31. The molecule has 8 aliphatic rings. The van der Waals surface area contributed by atoms with E-state index in [1.54, 1.807) is 99.6 Å². The molecule has 0 radical (unpaired) electrons. The summed E-state index contributed by atoms with van der Waals surface area (Å²) in [5.41, 5.74) is 6.37. The van der Waals surface area contributed by atoms with Crippen LogP contribution in [-0.4, -0.2) is 173 Å². The molecule has 0 amide bonds. The van der Waals surface area contributed by atoms with Gasteiger partial charge in [0.25, 0.3) is 0 Å². The lowest BCUT2D eigenvalue weighted by Gasteiger charge is -2.38. The van der Waals surface area contributed by atoms with Crippen LogP contribution < -0.4 is 14.7 Å². The molecule has 8 fully saturated rings. The van der Waals surface area contributed by atoms with Crippen molar-refractivity contribution in [3.05, 3.63) is 158 Å². The fraction of sp³-hybridized carbons (Fsp3) is 0.727. The van der Waals surface area contributed by atoms with Gasteiger partial charge in [-0.25, -0.2) is 64.0 Å². The Morgan fingerprint density at radius 1 is 0.336 bits per heavy atom. The first-order valence-corrected chi connectivity index (χ1v) is 61.5. The Kier molecular flexibility index (Phi) is 45.8. The second-order valence-corrected chi connectivity index (χ2v) is 57.8. The molecule has 0 N–H and O–H groups in total. The molecule has 13 rings (SSSR count). The van der Waals surface area contributed by atoms with Gasteiger partial charge in [-0.05, 0) is 381 Å². The summed E-state index contributed by atoms with van der Waals surface area (Å²) in [6.45, 7) is 37.1. The van der Waals surface area contributed by atoms with E-state index in [1.165, 1.54) is 23.3 Å². The van der Waals surface area contributed by atoms with Crippen molar-refractivity contribution in [1.29, 1.82) is 0 Å². The summed E-state index contributed by atoms with van der Waals surface area (Å²) >= 11 is 6.65. The van der Waals surface area contributed by atoms with E-state index in [-0.39, 0.29) is 109 Å². The van der Waals surface area contributed by atoms with E-state index in [0.717, 1.165) is 246 Å². The molecule has 1 unspecified atom stereocenters. The van der Waals surface area contributed by atoms with Crippen LogP contribution >= 0.6 is 11.6 Å². The zero-order valence-electron chi connectivity index (χ0n) is 86.7. The number of alkyl halides is 3. The Morgan fingerprint density at radius 2 is 0.679 bits per heavy atom. The quantitative estimate of drug-likeness (QED) is 0.0283. The number of hydrogen-bond donors (Lipinski definition) is 0. The topological polar surface area (TPSA) is 208 Å². The van der Waals surface area contributed by atoms with Crippen LogP contribution in [0.4, 0.5) is 52.2 Å². The third-order valence-corrected chi connectivity index (χ3v) is 43.3. The van der Waals surface area contributed by atoms with Crippen LogP contribution in [0.2, 0.25) is 5.02 Å². The van der Waals surface area contributed by atoms with Crippen molar-refractivity contribution in [1.82, 2.24) is 0 Å². The number of hydrogen-bond acceptors (Lipinski definition) is 16. The van der Waals surface area contributed by atoms with E-state index in [2.05, 4.69) is 81.4 Å². The molecule has 0 bridgehead atoms. The maximum absolute atomic E-state index is 14.8. The largest absolute Gasteiger partial charge is 0.416 e. The maximum atomic E-state index is 14.8. The molecule has 30 heteroatoms. The normalized spacial score (nSPS) is 26.5. The number of anilines is 3. The minimum absolute atomic E-state index is 0.117. The predicted octanol–water partition coefficient (Wildman–Crippen LogP) is 25.7. The first-order valence-electron chi connectivity index (χ1n) is 52.5. The summed E-state index contributed by atoms with van der Waals surface area (Å²) in [4.78, 5) is 6.81. The molecule has 5 aromatic carbocycles. The van der Waals surface area contributed by atoms with Gasteiger partial charge in [-0.3, -0.25) is 0 Å². The lowest BCUT2D eigenvalue weighted by molar-refractivity contribution is -0.138. The minimum Gasteiger partial charge on any atom is -0.372 e. The summed E-state index contributed by atoms with van der Waals surface area (Å²) < 4.78 is 247. The lowest BCUT2D eigenvalue weighted by atomic mass is 9.74. The smallest absolute Gasteiger partial charge is 0.372 e. The van der Waals surface area contributed by atoms with Crippen LogP contribution in [0.5, 0.6) is 0 Å². The molecule has 0 spiro atoms. The number of morpholine rings is 3. The van der Waals surface area contributed by atoms with Crippen LogP contribution in [0.25, 0.3) is 0 Å². The van der Waals surface area contributed by atoms with Gasteiger partial charge in [0.1, 0.15) is 11.6 Å². The highest BCUT2D eigenvalue weighted by Gasteiger charge is 2.39. The van der Waals surface area contributed by atoms with Gasteiger partial charge in [0, 0.05) is 50.6 Å². The molecule has 3 heterocycles. The molecule has 3 saturated heterocycles. The monoisotopic (exact) mass is 2090 g/mol. The zero-order valence-corrected chi connectivity index (χ0v) is 91.6. The molecule has 794 valence electrons. The highest BCUT2D eigenvalue weighted by molar-refractivity contribution is 7.93. The van der Waals surface area contributed by atoms with Crippen molar-refractivity contribution < 1.29 is 91.4 Å². The standard InChI is InChI=1S/C25H40FNO3S.C24H38ClNO3S.C24H38FNO3S.C19H27F3O2S.C18H25F3O2S/c1-17(2)31(28,29)16-23-9-7-21(12-18(23)3)6-8-22-10-11-24(13-25(22)26)27-14-19(4)30-20(5)15-27;1-17(2)30(27,28)16-22-9-6-20(7-10-22)5-8-21-11-12-24(23(25)13-21)26-14-18(3)29-19(4)15-26;1-17(2)30(27,28)16-21-7-5-20(6-8-21)9-10-22-11-12-23(25)13-24(22)26-14-18(3)29-19(4)15-26;1-14(2)25(23,24)13-16-9-7-15(8-10-16)11-12-17-5-3-4-6-18(17)19(20,21)22;1-12(2)24(22,23)11-14-5-3-13(4-6-14)7-8-15-9-10-16(19)18(21)17(15)20/h10-11,13,17-21,23H,6-9,12,14-16H2,1-5H3;11-13,17-20,22H,5-10,14-16H2,1-4H3;11-13,17-21H,5-10,14-16H2,1-4H3;3-6,14-16H,7-13H2,1-2H3;9-10,12-14H,3-8,11H2,1-2H3/t18?,19-,20+,21-,23+;18-,19+,20?,22?;18-,19+,20?,21?;;/m1..../s1. The number of sulfone groups is 5. The Hall–Kier alpha value is -5.14. The van der Waals surface area contributed by atoms with Gasteiger partial charge >= 0.3 is 6.18 Å². The maximum Gasteiger partial charge on any atom is 0.416 e. The molecule has 5 aliphatic carbocycles. The van der Waals surface area contributed by atoms with Crippen molar-refractivity contribution in [3.8, 4) is 0 Å². The molecule has 3 aliphatic heterocycles. The number of aryl methyl sites for hydroxylation is 5. The molecule has 5 saturated carbocycles. The molecular formula is C110H168ClF8N3O13S5. The zero-order chi connectivity index (χ0) is 103. The molecule has 140 heavy (non-hydrogen) atoms. The van der Waals surface area contributed by atoms with Crippen molar-refractivity contribution in [2.75, 3.05) is 82.7 Å². The molecule has 16 nitrogen and oxygen atoms in total. The number of halogens is 9. The SMILES string of the molecule is CC(C)S(=O)(=O)CC1CCC(CCc2ccc(F)c(F)c2F)CC1.CC(C)S(=O)(=O)CC1CCC(CCc2ccc(F)cc2N2C[C@@H](C)O[C@@H](C)C2)CC1.CC(C)S(=O)(=O)CC1CCC(CCc2ccc(N3C[C@@H](C)O[C@@H](C)C3)c(Cl)c2)CC1.CC(C)S(=O)(=O)CC1CCC(CCc2ccccc2C(F)(F)F)CC1.CC1C[C@H](CCc2ccc(N3C[C@@H](C)O[C@@H](C)C3)cc2F)CC[C@H]1CS(=O)(=O)C(C)C. The summed E-state index contributed by atoms with van der Waals surface area (Å²) in [5, 5.41) is -0.691. The van der Waals surface area contributed by atoms with Gasteiger partial charge in [0.15, 0.2) is 66.6 Å². The van der Waals surface area contributed by atoms with Crippen LogP contribution in [-0.2, 0) is 102 Å². The fourth-order valence-electron chi connectivity index (χ4n) is 22.1. The number of ether oxygens (including phenoxy) is 3. The van der Waals surface area contributed by atoms with Crippen molar-refractivity contribution in [2.24, 2.45) is 65.1 Å². The van der Waals surface area contributed by atoms with Crippen molar-refractivity contribution >= 4 is 77.8 Å². The van der Waals surface area contributed by atoms with E-state index in [0.29, 0.717) is 89.4 Å². The molecule has 9 atom stereocenters. The average molecular weight is 2090 g/mol. The highest BCUT2D eigenvalue weighted by atomic mass is 35.5. The molecule has 5 aromatic rings. The van der Waals surface area contributed by atoms with Gasteiger partial charge in [0.2, 0.25) is 0 Å². The molecule has 0 aromatic heterocycles. The van der Waals surface area contributed by atoms with Crippen LogP contribution in [0.1, 0.15) is 305 Å². The Bertz CT molecular complexity index is 5240. The molecular weight excluding hydrogens is 1920 g/mol. The average Bonchev–Trinajstić information content (AvgIpc) is 0.802. The van der Waals surface area contributed by atoms with E-state index in [9.17, 15) is 77.2 Å². The summed E-state index contributed by atoms with van der Waals surface area (Å²) in [6, 6.07) is 25.4. The number of nitrogens with zero attached hydrogens (tertiary/aromatic N) is 3. The van der Waals surface area contributed by atoms with Crippen molar-refractivity contribution in [2.45, 2.75) is 373 Å². The van der Waals surface area contributed by atoms with Gasteiger partial charge in [-0.1, -0.05) is 119 Å². The fourth-order valence-corrected chi connectivity index (χ4v) is 29.4. The van der Waals surface area contributed by atoms with E-state index < -0.39 is 78.4 Å². The second kappa shape index (κ2) is 54.2. The second-order valence-electron chi connectivity index (χ2n) is 44.4. The number of benzene rings is 5. The number of rotatable bonds is 33. The Balaban J connectivity index is 0.000000196. The highest BCUT2D eigenvalue weighted by Crippen LogP contribution is 2.43. The first-order chi connectivity index (χ1) is 65.6. The van der Waals surface area contributed by atoms with Crippen LogP contribution in [0.3, 0.4) is 0 Å². The van der Waals surface area contributed by atoms with E-state index in [4.69, 9.17) is 25.8 Å². The van der Waals surface area contributed by atoms with E-state index >= 15 is 0 Å². The predicted molar refractivity (Wildman–Crippen MR) is 557 cm³/mol. The third-order valence-electron chi connectivity index (χ3n) is 31.2. The summed E-state index contributed by atoms with van der Waals surface area (Å²) in [5.74, 6) is 1.92. The van der Waals surface area contributed by atoms with Gasteiger partial charge in [-0.15, -0.1) is 0 Å². The van der Waals surface area contributed by atoms with Gasteiger partial charge < -0.3 is 28.9 Å². The Morgan fingerprint density at radius 3 is 1.08 bits per heavy atom. The third kappa shape index (κ3) is 37.3. The van der Waals surface area contributed by atoms with Crippen LogP contribution in [0, 0.1) is 94.2 Å². The van der Waals surface area contributed by atoms with Crippen molar-refractivity contribution in [3.63, 3.8) is 0 Å².